The van der Waals surface area contributed by atoms with Gasteiger partial charge in [0.1, 0.15) is 11.2 Å². The third-order valence-electron chi connectivity index (χ3n) is 4.71. The fourth-order valence-electron chi connectivity index (χ4n) is 2.71. The number of benzene rings is 1. The molecule has 0 unspecified atom stereocenters. The summed E-state index contributed by atoms with van der Waals surface area (Å²) in [6.07, 6.45) is 4.12. The number of Topliss-reactive ketones (excluding diaryl/α,β-unsaturated/α-hetero) is 1. The van der Waals surface area contributed by atoms with Gasteiger partial charge in [-0.15, -0.1) is 11.3 Å². The van der Waals surface area contributed by atoms with Crippen molar-refractivity contribution in [3.63, 3.8) is 0 Å². The lowest BCUT2D eigenvalue weighted by Gasteiger charge is -2.12. The van der Waals surface area contributed by atoms with Gasteiger partial charge < -0.3 is 5.32 Å². The lowest BCUT2D eigenvalue weighted by atomic mass is 9.91. The van der Waals surface area contributed by atoms with Crippen LogP contribution in [-0.2, 0) is 16.1 Å². The Kier molecular flexibility index (Phi) is 7.96. The number of thiazole rings is 1. The van der Waals surface area contributed by atoms with Gasteiger partial charge in [-0.2, -0.15) is 0 Å². The maximum atomic E-state index is 13.0. The molecule has 30 heavy (non-hydrogen) atoms. The number of ketones is 1. The number of aromatic nitrogens is 1. The highest BCUT2D eigenvalue weighted by Crippen LogP contribution is 2.15. The topological polar surface area (TPSA) is 68.2 Å². The maximum absolute atomic E-state index is 13.0. The van der Waals surface area contributed by atoms with E-state index in [1.165, 1.54) is 27.5 Å². The molecule has 162 valence electrons. The van der Waals surface area contributed by atoms with E-state index in [1.54, 1.807) is 0 Å². The first kappa shape index (κ1) is 23.8. The van der Waals surface area contributed by atoms with Crippen LogP contribution in [0.5, 0.6) is 0 Å². The van der Waals surface area contributed by atoms with E-state index in [-0.39, 0.29) is 23.8 Å². The Balaban J connectivity index is 2.55. The zero-order valence-corrected chi connectivity index (χ0v) is 19.6. The van der Waals surface area contributed by atoms with Crippen LogP contribution in [0.25, 0.3) is 12.2 Å². The van der Waals surface area contributed by atoms with Crippen molar-refractivity contribution in [1.82, 2.24) is 9.88 Å². The summed E-state index contributed by atoms with van der Waals surface area (Å²) in [6, 6.07) is 8.07. The zero-order valence-electron chi connectivity index (χ0n) is 18.7. The van der Waals surface area contributed by atoms with Gasteiger partial charge >= 0.3 is 0 Å². The lowest BCUT2D eigenvalue weighted by molar-refractivity contribution is -0.122. The normalized spacial score (nSPS) is 13.2. The third kappa shape index (κ3) is 6.26. The van der Waals surface area contributed by atoms with Crippen LogP contribution in [0, 0.1) is 5.41 Å². The highest BCUT2D eigenvalue weighted by Gasteiger charge is 2.20. The Hall–Kier alpha value is -2.47. The van der Waals surface area contributed by atoms with E-state index in [0.717, 1.165) is 12.0 Å². The van der Waals surface area contributed by atoms with Crippen LogP contribution < -0.4 is 20.1 Å². The second-order valence-electron chi connectivity index (χ2n) is 8.77. The van der Waals surface area contributed by atoms with Crippen LogP contribution >= 0.6 is 11.3 Å². The molecule has 0 spiro atoms. The smallest absolute Gasteiger partial charge is 0.269 e. The molecule has 1 aromatic heterocycles. The minimum absolute atomic E-state index is 0.0840. The molecule has 0 bridgehead atoms. The predicted molar refractivity (Wildman–Crippen MR) is 124 cm³/mol. The molecule has 5 nitrogen and oxygen atoms in total. The molecule has 0 saturated carbocycles. The van der Waals surface area contributed by atoms with Crippen molar-refractivity contribution in [2.24, 2.45) is 5.41 Å². The summed E-state index contributed by atoms with van der Waals surface area (Å²) in [5.74, 6) is 0.117. The van der Waals surface area contributed by atoms with Gasteiger partial charge in [0.25, 0.3) is 5.56 Å². The molecule has 2 rings (SSSR count). The molecule has 6 heteroatoms. The molecular formula is C24H32N2O3S. The van der Waals surface area contributed by atoms with Crippen molar-refractivity contribution in [2.75, 3.05) is 6.54 Å². The van der Waals surface area contributed by atoms with Gasteiger partial charge in [0, 0.05) is 18.0 Å². The minimum Gasteiger partial charge on any atom is -0.355 e. The molecule has 0 radical (unpaired) electrons. The SMILES string of the molecule is CCCNC(=O)Cn1c(=O)/c(=C/c2ccc(C(C)C)cc2)s/c1=C\C(=O)C(C)(C)C. The van der Waals surface area contributed by atoms with Crippen molar-refractivity contribution >= 4 is 35.2 Å². The maximum Gasteiger partial charge on any atom is 0.269 e. The number of rotatable bonds is 7. The van der Waals surface area contributed by atoms with E-state index < -0.39 is 5.41 Å². The molecule has 0 aliphatic heterocycles. The van der Waals surface area contributed by atoms with Crippen molar-refractivity contribution in [1.29, 1.82) is 0 Å². The zero-order chi connectivity index (χ0) is 22.5. The average Bonchev–Trinajstić information content (AvgIpc) is 2.94. The summed E-state index contributed by atoms with van der Waals surface area (Å²) < 4.78 is 2.40. The number of amides is 1. The Labute approximate surface area is 182 Å². The number of nitrogens with zero attached hydrogens (tertiary/aromatic N) is 1. The molecule has 0 fully saturated rings. The van der Waals surface area contributed by atoms with E-state index in [2.05, 4.69) is 31.3 Å². The van der Waals surface area contributed by atoms with Crippen molar-refractivity contribution < 1.29 is 9.59 Å². The summed E-state index contributed by atoms with van der Waals surface area (Å²) in [6.45, 7) is 12.2. The van der Waals surface area contributed by atoms with E-state index >= 15 is 0 Å². The van der Waals surface area contributed by atoms with Crippen LogP contribution in [0.15, 0.2) is 29.1 Å². The van der Waals surface area contributed by atoms with Crippen LogP contribution in [0.4, 0.5) is 0 Å². The standard InChI is InChI=1S/C24H32N2O3S/c1-7-12-25-21(28)15-26-22(14-20(27)24(4,5)6)30-19(23(26)29)13-17-8-10-18(11-9-17)16(2)3/h8-11,13-14,16H,7,12,15H2,1-6H3,(H,25,28)/b19-13-,22-14-. The van der Waals surface area contributed by atoms with Crippen molar-refractivity contribution in [2.45, 2.75) is 60.4 Å². The first-order valence-electron chi connectivity index (χ1n) is 10.4. The second kappa shape index (κ2) is 10.0. The summed E-state index contributed by atoms with van der Waals surface area (Å²) >= 11 is 1.24. The van der Waals surface area contributed by atoms with Gasteiger partial charge in [0.05, 0.1) is 4.53 Å². The summed E-state index contributed by atoms with van der Waals surface area (Å²) in [4.78, 5) is 37.8. The summed E-state index contributed by atoms with van der Waals surface area (Å²) in [5.41, 5.74) is 1.32. The van der Waals surface area contributed by atoms with Gasteiger partial charge in [-0.1, -0.05) is 65.8 Å². The largest absolute Gasteiger partial charge is 0.355 e. The van der Waals surface area contributed by atoms with Crippen molar-refractivity contribution in [3.05, 3.63) is 54.9 Å². The molecule has 0 saturated heterocycles. The van der Waals surface area contributed by atoms with Crippen molar-refractivity contribution in [3.8, 4) is 0 Å². The van der Waals surface area contributed by atoms with E-state index in [1.807, 2.05) is 45.9 Å². The number of carbonyl (C=O) groups is 2. The molecule has 0 atom stereocenters. The Morgan fingerprint density at radius 1 is 1.17 bits per heavy atom. The molecule has 0 aliphatic carbocycles. The van der Waals surface area contributed by atoms with E-state index in [4.69, 9.17) is 0 Å². The van der Waals surface area contributed by atoms with Gasteiger partial charge in [-0.25, -0.2) is 0 Å². The molecule has 1 aromatic carbocycles. The molecule has 1 heterocycles. The Morgan fingerprint density at radius 3 is 2.33 bits per heavy atom. The lowest BCUT2D eigenvalue weighted by Crippen LogP contribution is -2.38. The number of hydrogen-bond acceptors (Lipinski definition) is 4. The third-order valence-corrected chi connectivity index (χ3v) is 5.76. The molecule has 0 aliphatic rings. The predicted octanol–water partition coefficient (Wildman–Crippen LogP) is 2.78. The fourth-order valence-corrected chi connectivity index (χ4v) is 3.76. The highest BCUT2D eigenvalue weighted by molar-refractivity contribution is 7.07. The number of nitrogens with one attached hydrogen (secondary N) is 1. The van der Waals surface area contributed by atoms with Gasteiger partial charge in [-0.3, -0.25) is 19.0 Å². The van der Waals surface area contributed by atoms with Gasteiger partial charge in [0.2, 0.25) is 5.91 Å². The highest BCUT2D eigenvalue weighted by atomic mass is 32.1. The second-order valence-corrected chi connectivity index (χ2v) is 9.83. The van der Waals surface area contributed by atoms with Crippen LogP contribution in [0.2, 0.25) is 0 Å². The fraction of sp³-hybridized carbons (Fsp3) is 0.458. The van der Waals surface area contributed by atoms with E-state index in [0.29, 0.717) is 21.7 Å². The average molecular weight is 429 g/mol. The van der Waals surface area contributed by atoms with Gasteiger partial charge in [0.15, 0.2) is 5.78 Å². The summed E-state index contributed by atoms with van der Waals surface area (Å²) in [5, 5.41) is 2.79. The number of carbonyl (C=O) groups excluding carboxylic acids is 2. The Bertz CT molecular complexity index is 1070. The molecule has 2 aromatic rings. The molecule has 1 N–H and O–H groups in total. The minimum atomic E-state index is -0.564. The van der Waals surface area contributed by atoms with E-state index in [9.17, 15) is 14.4 Å². The molecular weight excluding hydrogens is 396 g/mol. The van der Waals surface area contributed by atoms with Crippen LogP contribution in [-0.4, -0.2) is 22.8 Å². The first-order chi connectivity index (χ1) is 14.0. The van der Waals surface area contributed by atoms with Crippen LogP contribution in [0.1, 0.15) is 65.0 Å². The monoisotopic (exact) mass is 428 g/mol. The molecule has 1 amide bonds. The first-order valence-corrected chi connectivity index (χ1v) is 11.2. The van der Waals surface area contributed by atoms with Gasteiger partial charge in [-0.05, 0) is 29.5 Å². The van der Waals surface area contributed by atoms with Crippen LogP contribution in [0.3, 0.4) is 0 Å². The summed E-state index contributed by atoms with van der Waals surface area (Å²) in [7, 11) is 0. The quantitative estimate of drug-likeness (QED) is 0.737. The Morgan fingerprint density at radius 2 is 1.80 bits per heavy atom. The number of hydrogen-bond donors (Lipinski definition) is 1.